The monoisotopic (exact) mass is 303 g/mol. The summed E-state index contributed by atoms with van der Waals surface area (Å²) in [6.45, 7) is 2.55. The van der Waals surface area contributed by atoms with Gasteiger partial charge in [0.15, 0.2) is 0 Å². The van der Waals surface area contributed by atoms with Crippen LogP contribution in [-0.4, -0.2) is 47.8 Å². The summed E-state index contributed by atoms with van der Waals surface area (Å²) >= 11 is 11.9. The summed E-state index contributed by atoms with van der Waals surface area (Å²) in [7, 11) is 0. The Hall–Kier alpha value is -0.810. The van der Waals surface area contributed by atoms with Crippen LogP contribution in [0.15, 0.2) is 18.2 Å². The summed E-state index contributed by atoms with van der Waals surface area (Å²) in [6, 6.07) is 4.74. The van der Waals surface area contributed by atoms with Crippen molar-refractivity contribution in [1.29, 1.82) is 0 Å². The first-order valence-corrected chi connectivity index (χ1v) is 6.77. The van der Waals surface area contributed by atoms with Crippen LogP contribution in [0.1, 0.15) is 17.3 Å². The molecule has 0 aromatic heterocycles. The number of hydrogen-bond donors (Lipinski definition) is 1. The van der Waals surface area contributed by atoms with E-state index in [0.29, 0.717) is 28.8 Å². The topological polar surface area (TPSA) is 49.8 Å². The van der Waals surface area contributed by atoms with Crippen LogP contribution in [0.5, 0.6) is 0 Å². The molecule has 1 aromatic rings. The smallest absolute Gasteiger partial charge is 0.255 e. The van der Waals surface area contributed by atoms with Crippen molar-refractivity contribution in [3.8, 4) is 0 Å². The van der Waals surface area contributed by atoms with E-state index in [9.17, 15) is 4.79 Å². The summed E-state index contributed by atoms with van der Waals surface area (Å²) in [5.41, 5.74) is 0.413. The lowest BCUT2D eigenvalue weighted by molar-refractivity contribution is -0.0667. The van der Waals surface area contributed by atoms with Crippen LogP contribution in [0.2, 0.25) is 10.0 Å². The van der Waals surface area contributed by atoms with E-state index in [4.69, 9.17) is 33.0 Å². The molecule has 2 unspecified atom stereocenters. The lowest BCUT2D eigenvalue weighted by Gasteiger charge is -2.37. The highest BCUT2D eigenvalue weighted by Gasteiger charge is 2.30. The number of aliphatic hydroxyl groups excluding tert-OH is 1. The molecule has 2 rings (SSSR count). The van der Waals surface area contributed by atoms with Crippen LogP contribution < -0.4 is 0 Å². The predicted octanol–water partition coefficient (Wildman–Crippen LogP) is 2.22. The number of carbonyl (C=O) groups excluding carboxylic acids is 1. The van der Waals surface area contributed by atoms with Gasteiger partial charge in [-0.2, -0.15) is 0 Å². The van der Waals surface area contributed by atoms with E-state index in [-0.39, 0.29) is 24.7 Å². The fourth-order valence-electron chi connectivity index (χ4n) is 2.03. The number of morpholine rings is 1. The Morgan fingerprint density at radius 2 is 2.26 bits per heavy atom. The number of benzene rings is 1. The minimum Gasteiger partial charge on any atom is -0.394 e. The number of amides is 1. The quantitative estimate of drug-likeness (QED) is 0.911. The number of ether oxygens (including phenoxy) is 1. The van der Waals surface area contributed by atoms with Crippen molar-refractivity contribution in [2.24, 2.45) is 0 Å². The molecule has 2 atom stereocenters. The molecule has 0 spiro atoms. The van der Waals surface area contributed by atoms with Gasteiger partial charge in [-0.05, 0) is 25.1 Å². The second-order valence-corrected chi connectivity index (χ2v) is 5.41. The summed E-state index contributed by atoms with van der Waals surface area (Å²) < 4.78 is 5.41. The second kappa shape index (κ2) is 6.09. The van der Waals surface area contributed by atoms with E-state index in [2.05, 4.69) is 0 Å². The van der Waals surface area contributed by atoms with E-state index in [0.717, 1.165) is 0 Å². The number of halogens is 2. The van der Waals surface area contributed by atoms with Crippen molar-refractivity contribution in [3.05, 3.63) is 33.8 Å². The third kappa shape index (κ3) is 3.20. The first kappa shape index (κ1) is 14.6. The Morgan fingerprint density at radius 1 is 1.53 bits per heavy atom. The predicted molar refractivity (Wildman–Crippen MR) is 73.8 cm³/mol. The second-order valence-electron chi connectivity index (χ2n) is 4.57. The molecule has 1 amide bonds. The van der Waals surface area contributed by atoms with Crippen molar-refractivity contribution in [1.82, 2.24) is 4.90 Å². The maximum absolute atomic E-state index is 12.5. The summed E-state index contributed by atoms with van der Waals surface area (Å²) in [6.07, 6.45) is -0.341. The highest BCUT2D eigenvalue weighted by atomic mass is 35.5. The maximum Gasteiger partial charge on any atom is 0.255 e. The Kier molecular flexibility index (Phi) is 4.68. The van der Waals surface area contributed by atoms with E-state index in [1.807, 2.05) is 6.92 Å². The van der Waals surface area contributed by atoms with Gasteiger partial charge in [0.25, 0.3) is 5.91 Å². The molecule has 0 bridgehead atoms. The van der Waals surface area contributed by atoms with Gasteiger partial charge in [0.1, 0.15) is 0 Å². The number of hydrogen-bond acceptors (Lipinski definition) is 3. The third-order valence-electron chi connectivity index (χ3n) is 3.13. The number of rotatable bonds is 2. The summed E-state index contributed by atoms with van der Waals surface area (Å²) in [5.74, 6) is -0.170. The molecular weight excluding hydrogens is 289 g/mol. The van der Waals surface area contributed by atoms with Crippen LogP contribution in [0, 0.1) is 0 Å². The fourth-order valence-corrected chi connectivity index (χ4v) is 2.52. The first-order valence-electron chi connectivity index (χ1n) is 6.01. The van der Waals surface area contributed by atoms with Gasteiger partial charge in [-0.3, -0.25) is 4.79 Å². The van der Waals surface area contributed by atoms with Gasteiger partial charge in [0, 0.05) is 11.6 Å². The highest BCUT2D eigenvalue weighted by Crippen LogP contribution is 2.24. The summed E-state index contributed by atoms with van der Waals surface area (Å²) in [4.78, 5) is 14.1. The molecule has 19 heavy (non-hydrogen) atoms. The minimum absolute atomic E-state index is 0.0537. The molecule has 0 aliphatic carbocycles. The minimum atomic E-state index is -0.341. The lowest BCUT2D eigenvalue weighted by atomic mass is 10.1. The van der Waals surface area contributed by atoms with Crippen LogP contribution in [-0.2, 0) is 4.74 Å². The fraction of sp³-hybridized carbons (Fsp3) is 0.462. The van der Waals surface area contributed by atoms with Gasteiger partial charge < -0.3 is 14.7 Å². The van der Waals surface area contributed by atoms with Gasteiger partial charge in [-0.1, -0.05) is 23.2 Å². The summed E-state index contributed by atoms with van der Waals surface area (Å²) in [5, 5.41) is 9.95. The van der Waals surface area contributed by atoms with Crippen molar-refractivity contribution < 1.29 is 14.6 Å². The lowest BCUT2D eigenvalue weighted by Crippen LogP contribution is -2.52. The van der Waals surface area contributed by atoms with Gasteiger partial charge in [-0.15, -0.1) is 0 Å². The molecule has 1 aliphatic heterocycles. The molecule has 1 saturated heterocycles. The molecule has 1 aliphatic rings. The van der Waals surface area contributed by atoms with Crippen LogP contribution in [0.25, 0.3) is 0 Å². The van der Waals surface area contributed by atoms with Gasteiger partial charge in [0.2, 0.25) is 0 Å². The van der Waals surface area contributed by atoms with Gasteiger partial charge >= 0.3 is 0 Å². The Labute approximate surface area is 121 Å². The van der Waals surface area contributed by atoms with E-state index >= 15 is 0 Å². The molecule has 0 saturated carbocycles. The number of carbonyl (C=O) groups is 1. The first-order chi connectivity index (χ1) is 9.02. The SMILES string of the molecule is CC1COC(CO)CN1C(=O)c1ccc(Cl)cc1Cl. The largest absolute Gasteiger partial charge is 0.394 e. The molecule has 4 nitrogen and oxygen atoms in total. The Morgan fingerprint density at radius 3 is 2.89 bits per heavy atom. The molecule has 1 heterocycles. The van der Waals surface area contributed by atoms with Crippen molar-refractivity contribution in [3.63, 3.8) is 0 Å². The highest BCUT2D eigenvalue weighted by molar-refractivity contribution is 6.36. The molecule has 1 N–H and O–H groups in total. The van der Waals surface area contributed by atoms with E-state index in [1.165, 1.54) is 0 Å². The zero-order chi connectivity index (χ0) is 14.0. The molecule has 6 heteroatoms. The normalized spacial score (nSPS) is 23.5. The van der Waals surface area contributed by atoms with Crippen LogP contribution in [0.3, 0.4) is 0 Å². The standard InChI is InChI=1S/C13H15Cl2NO3/c1-8-7-19-10(6-17)5-16(8)13(18)11-3-2-9(14)4-12(11)15/h2-4,8,10,17H,5-7H2,1H3. The average Bonchev–Trinajstić information content (AvgIpc) is 2.38. The van der Waals surface area contributed by atoms with Crippen molar-refractivity contribution in [2.75, 3.05) is 19.8 Å². The zero-order valence-corrected chi connectivity index (χ0v) is 12.0. The van der Waals surface area contributed by atoms with Crippen LogP contribution >= 0.6 is 23.2 Å². The Balaban J connectivity index is 2.22. The molecular formula is C13H15Cl2NO3. The number of nitrogens with zero attached hydrogens (tertiary/aromatic N) is 1. The molecule has 0 radical (unpaired) electrons. The average molecular weight is 304 g/mol. The van der Waals surface area contributed by atoms with Crippen molar-refractivity contribution in [2.45, 2.75) is 19.1 Å². The Bertz CT molecular complexity index is 481. The zero-order valence-electron chi connectivity index (χ0n) is 10.5. The van der Waals surface area contributed by atoms with Crippen LogP contribution in [0.4, 0.5) is 0 Å². The van der Waals surface area contributed by atoms with Crippen molar-refractivity contribution >= 4 is 29.1 Å². The molecule has 104 valence electrons. The number of aliphatic hydroxyl groups is 1. The third-order valence-corrected chi connectivity index (χ3v) is 3.68. The van der Waals surface area contributed by atoms with E-state index in [1.54, 1.807) is 23.1 Å². The molecule has 1 fully saturated rings. The van der Waals surface area contributed by atoms with Gasteiger partial charge in [0.05, 0.1) is 35.9 Å². The molecule has 1 aromatic carbocycles. The van der Waals surface area contributed by atoms with Gasteiger partial charge in [-0.25, -0.2) is 0 Å². The van der Waals surface area contributed by atoms with E-state index < -0.39 is 0 Å². The maximum atomic E-state index is 12.5.